The van der Waals surface area contributed by atoms with Crippen molar-refractivity contribution in [1.82, 2.24) is 4.31 Å². The lowest BCUT2D eigenvalue weighted by Crippen LogP contribution is -2.34. The minimum Gasteiger partial charge on any atom is -0.383 e. The van der Waals surface area contributed by atoms with E-state index in [1.165, 1.54) is 29.6 Å². The number of methoxy groups -OCH3 is 1. The van der Waals surface area contributed by atoms with Gasteiger partial charge in [0.25, 0.3) is 0 Å². The van der Waals surface area contributed by atoms with E-state index in [1.54, 1.807) is 6.92 Å². The van der Waals surface area contributed by atoms with Gasteiger partial charge in [0.1, 0.15) is 0 Å². The molecule has 0 unspecified atom stereocenters. The molecule has 0 spiro atoms. The lowest BCUT2D eigenvalue weighted by molar-refractivity contribution is 0.179. The molecule has 0 N–H and O–H groups in total. The molecule has 1 aromatic carbocycles. The minimum atomic E-state index is -3.70. The van der Waals surface area contributed by atoms with E-state index in [1.807, 2.05) is 12.1 Å². The van der Waals surface area contributed by atoms with Crippen molar-refractivity contribution < 1.29 is 13.2 Å². The highest BCUT2D eigenvalue weighted by Gasteiger charge is 2.24. The second-order valence-electron chi connectivity index (χ2n) is 4.39. The van der Waals surface area contributed by atoms with Gasteiger partial charge in [-0.1, -0.05) is 0 Å². The largest absolute Gasteiger partial charge is 0.383 e. The summed E-state index contributed by atoms with van der Waals surface area (Å²) >= 11 is 0. The second kappa shape index (κ2) is 7.75. The van der Waals surface area contributed by atoms with Gasteiger partial charge >= 0.3 is 0 Å². The Balaban J connectivity index is 3.13. The first kappa shape index (κ1) is 17.1. The zero-order chi connectivity index (χ0) is 15.9. The average molecular weight is 307 g/mol. The minimum absolute atomic E-state index is 0.109. The van der Waals surface area contributed by atoms with Gasteiger partial charge in [0.15, 0.2) is 0 Å². The Morgan fingerprint density at radius 1 is 1.29 bits per heavy atom. The molecule has 112 valence electrons. The Labute approximate surface area is 125 Å². The summed E-state index contributed by atoms with van der Waals surface area (Å²) in [5.41, 5.74) is 1.04. The molecule has 0 heterocycles. The van der Waals surface area contributed by atoms with Crippen molar-refractivity contribution in [2.75, 3.05) is 26.8 Å². The summed E-state index contributed by atoms with van der Waals surface area (Å²) in [4.78, 5) is 0.119. The molecule has 0 atom stereocenters. The van der Waals surface area contributed by atoms with Crippen molar-refractivity contribution >= 4 is 10.0 Å². The van der Waals surface area contributed by atoms with Gasteiger partial charge in [0.2, 0.25) is 10.0 Å². The molecule has 6 nitrogen and oxygen atoms in total. The molecule has 0 saturated heterocycles. The van der Waals surface area contributed by atoms with Crippen molar-refractivity contribution in [2.45, 2.75) is 18.2 Å². The van der Waals surface area contributed by atoms with Gasteiger partial charge in [-0.2, -0.15) is 14.8 Å². The smallest absolute Gasteiger partial charge is 0.243 e. The highest BCUT2D eigenvalue weighted by Crippen LogP contribution is 2.19. The molecule has 0 bridgehead atoms. The Morgan fingerprint density at radius 3 is 2.52 bits per heavy atom. The number of aryl methyl sites for hydroxylation is 1. The van der Waals surface area contributed by atoms with E-state index in [2.05, 4.69) is 0 Å². The fraction of sp³-hybridized carbons (Fsp3) is 0.429. The predicted molar refractivity (Wildman–Crippen MR) is 76.8 cm³/mol. The molecule has 0 aromatic heterocycles. The molecule has 7 heteroatoms. The number of ether oxygens (including phenoxy) is 1. The molecular formula is C14H17N3O3S. The van der Waals surface area contributed by atoms with Crippen molar-refractivity contribution in [3.8, 4) is 12.1 Å². The van der Waals surface area contributed by atoms with Gasteiger partial charge in [-0.3, -0.25) is 0 Å². The summed E-state index contributed by atoms with van der Waals surface area (Å²) in [5.74, 6) is 0. The van der Waals surface area contributed by atoms with Crippen LogP contribution in [0, 0.1) is 29.6 Å². The molecule has 0 aliphatic heterocycles. The first-order valence-corrected chi connectivity index (χ1v) is 7.78. The maximum Gasteiger partial charge on any atom is 0.243 e. The maximum absolute atomic E-state index is 12.6. The Hall–Kier alpha value is -1.93. The molecule has 1 rings (SSSR count). The predicted octanol–water partition coefficient (Wildman–Crippen LogP) is 1.42. The van der Waals surface area contributed by atoms with Crippen LogP contribution in [0.1, 0.15) is 17.5 Å². The van der Waals surface area contributed by atoms with E-state index in [4.69, 9.17) is 15.3 Å². The summed E-state index contributed by atoms with van der Waals surface area (Å²) in [6.07, 6.45) is 0.109. The van der Waals surface area contributed by atoms with Crippen LogP contribution in [0.15, 0.2) is 23.1 Å². The third-order valence-electron chi connectivity index (χ3n) is 2.97. The van der Waals surface area contributed by atoms with Crippen molar-refractivity contribution in [2.24, 2.45) is 0 Å². The van der Waals surface area contributed by atoms with Crippen LogP contribution in [0.5, 0.6) is 0 Å². The molecular weight excluding hydrogens is 290 g/mol. The zero-order valence-corrected chi connectivity index (χ0v) is 12.9. The molecule has 0 radical (unpaired) electrons. The molecule has 0 saturated carbocycles. The molecule has 21 heavy (non-hydrogen) atoms. The fourth-order valence-corrected chi connectivity index (χ4v) is 3.30. The second-order valence-corrected chi connectivity index (χ2v) is 6.33. The van der Waals surface area contributed by atoms with E-state index in [-0.39, 0.29) is 31.0 Å². The standard InChI is InChI=1S/C14H17N3O3S/c1-12-10-14(5-4-13(12)11-16)21(18,19)17(7-3-6-15)8-9-20-2/h4-5,10H,3,7-9H2,1-2H3. The van der Waals surface area contributed by atoms with Crippen molar-refractivity contribution in [1.29, 1.82) is 10.5 Å². The van der Waals surface area contributed by atoms with Crippen molar-refractivity contribution in [3.63, 3.8) is 0 Å². The third-order valence-corrected chi connectivity index (χ3v) is 4.87. The summed E-state index contributed by atoms with van der Waals surface area (Å²) in [7, 11) is -2.21. The van der Waals surface area contributed by atoms with E-state index < -0.39 is 10.0 Å². The SMILES string of the molecule is COCCN(CCC#N)S(=O)(=O)c1ccc(C#N)c(C)c1. The highest BCUT2D eigenvalue weighted by molar-refractivity contribution is 7.89. The number of benzene rings is 1. The van der Waals surface area contributed by atoms with Crippen LogP contribution in [0.4, 0.5) is 0 Å². The first-order valence-electron chi connectivity index (χ1n) is 6.34. The summed E-state index contributed by atoms with van der Waals surface area (Å²) in [6.45, 7) is 2.23. The number of nitriles is 2. The normalized spacial score (nSPS) is 11.1. The van der Waals surface area contributed by atoms with Gasteiger partial charge in [-0.15, -0.1) is 0 Å². The van der Waals surface area contributed by atoms with Crippen LogP contribution in [-0.2, 0) is 14.8 Å². The zero-order valence-electron chi connectivity index (χ0n) is 12.0. The summed E-state index contributed by atoms with van der Waals surface area (Å²) in [5, 5.41) is 17.5. The molecule has 0 aliphatic carbocycles. The summed E-state index contributed by atoms with van der Waals surface area (Å²) in [6, 6.07) is 8.31. The fourth-order valence-electron chi connectivity index (χ4n) is 1.79. The first-order chi connectivity index (χ1) is 9.97. The lowest BCUT2D eigenvalue weighted by Gasteiger charge is -2.21. The maximum atomic E-state index is 12.6. The van der Waals surface area contributed by atoms with Crippen molar-refractivity contribution in [3.05, 3.63) is 29.3 Å². The summed E-state index contributed by atoms with van der Waals surface area (Å²) < 4.78 is 31.3. The molecule has 1 aromatic rings. The highest BCUT2D eigenvalue weighted by atomic mass is 32.2. The average Bonchev–Trinajstić information content (AvgIpc) is 2.47. The molecule has 0 aliphatic rings. The Bertz CT molecular complexity index is 672. The molecule has 0 amide bonds. The van der Waals surface area contributed by atoms with Gasteiger partial charge in [-0.05, 0) is 30.7 Å². The van der Waals surface area contributed by atoms with Crippen LogP contribution >= 0.6 is 0 Å². The van der Waals surface area contributed by atoms with Gasteiger partial charge in [0.05, 0.1) is 29.2 Å². The number of nitrogens with zero attached hydrogens (tertiary/aromatic N) is 3. The topological polar surface area (TPSA) is 94.2 Å². The third kappa shape index (κ3) is 4.27. The van der Waals surface area contributed by atoms with E-state index in [9.17, 15) is 8.42 Å². The van der Waals surface area contributed by atoms with Gasteiger partial charge in [0, 0.05) is 26.6 Å². The number of sulfonamides is 1. The Kier molecular flexibility index (Phi) is 6.32. The quantitative estimate of drug-likeness (QED) is 0.759. The van der Waals surface area contributed by atoms with Crippen LogP contribution in [0.2, 0.25) is 0 Å². The van der Waals surface area contributed by atoms with E-state index in [0.29, 0.717) is 11.1 Å². The van der Waals surface area contributed by atoms with Crippen LogP contribution in [0.3, 0.4) is 0 Å². The van der Waals surface area contributed by atoms with Crippen LogP contribution < -0.4 is 0 Å². The Morgan fingerprint density at radius 2 is 2.00 bits per heavy atom. The number of rotatable bonds is 7. The number of hydrogen-bond acceptors (Lipinski definition) is 5. The van der Waals surface area contributed by atoms with Gasteiger partial charge in [-0.25, -0.2) is 8.42 Å². The number of hydrogen-bond donors (Lipinski definition) is 0. The monoisotopic (exact) mass is 307 g/mol. The van der Waals surface area contributed by atoms with E-state index in [0.717, 1.165) is 0 Å². The van der Waals surface area contributed by atoms with E-state index >= 15 is 0 Å². The van der Waals surface area contributed by atoms with Crippen LogP contribution in [-0.4, -0.2) is 39.5 Å². The lowest BCUT2D eigenvalue weighted by atomic mass is 10.1. The van der Waals surface area contributed by atoms with Crippen LogP contribution in [0.25, 0.3) is 0 Å². The molecule has 0 fully saturated rings. The van der Waals surface area contributed by atoms with Gasteiger partial charge < -0.3 is 4.74 Å².